The molecule has 1 saturated heterocycles. The van der Waals surface area contributed by atoms with Crippen LogP contribution in [0.3, 0.4) is 0 Å². The van der Waals surface area contributed by atoms with Crippen molar-refractivity contribution in [3.63, 3.8) is 0 Å². The van der Waals surface area contributed by atoms with Crippen LogP contribution >= 0.6 is 24.0 Å². The Labute approximate surface area is 195 Å². The SMILES string of the molecule is CCNC(=NCCCn1ccc2ccccc21)N1CCN(Cc2ccon2)CC1.I. The van der Waals surface area contributed by atoms with Crippen molar-refractivity contribution in [3.05, 3.63) is 54.6 Å². The quantitative estimate of drug-likeness (QED) is 0.223. The van der Waals surface area contributed by atoms with Crippen LogP contribution in [-0.4, -0.2) is 64.8 Å². The molecule has 162 valence electrons. The van der Waals surface area contributed by atoms with Gasteiger partial charge in [0.2, 0.25) is 0 Å². The maximum Gasteiger partial charge on any atom is 0.194 e. The normalized spacial score (nSPS) is 15.4. The third-order valence-corrected chi connectivity index (χ3v) is 5.38. The number of piperazine rings is 1. The van der Waals surface area contributed by atoms with E-state index in [0.29, 0.717) is 0 Å². The molecule has 7 nitrogen and oxygen atoms in total. The Hall–Kier alpha value is -2.07. The number of aromatic nitrogens is 2. The number of rotatable bonds is 7. The number of aryl methyl sites for hydroxylation is 1. The largest absolute Gasteiger partial charge is 0.364 e. The monoisotopic (exact) mass is 522 g/mol. The van der Waals surface area contributed by atoms with E-state index >= 15 is 0 Å². The molecule has 0 radical (unpaired) electrons. The predicted molar refractivity (Wildman–Crippen MR) is 131 cm³/mol. The van der Waals surface area contributed by atoms with Gasteiger partial charge in [0.05, 0.1) is 5.69 Å². The highest BCUT2D eigenvalue weighted by Crippen LogP contribution is 2.15. The van der Waals surface area contributed by atoms with Gasteiger partial charge in [0.15, 0.2) is 5.96 Å². The Bertz CT molecular complexity index is 915. The fourth-order valence-electron chi connectivity index (χ4n) is 3.85. The zero-order valence-electron chi connectivity index (χ0n) is 17.5. The molecule has 30 heavy (non-hydrogen) atoms. The van der Waals surface area contributed by atoms with Gasteiger partial charge in [0.1, 0.15) is 6.26 Å². The smallest absolute Gasteiger partial charge is 0.194 e. The average Bonchev–Trinajstić information content (AvgIpc) is 3.41. The van der Waals surface area contributed by atoms with E-state index in [2.05, 4.69) is 68.3 Å². The number of fused-ring (bicyclic) bond motifs is 1. The summed E-state index contributed by atoms with van der Waals surface area (Å²) in [5.41, 5.74) is 2.29. The summed E-state index contributed by atoms with van der Waals surface area (Å²) in [5, 5.41) is 8.77. The van der Waals surface area contributed by atoms with Gasteiger partial charge in [-0.1, -0.05) is 23.4 Å². The minimum Gasteiger partial charge on any atom is -0.364 e. The molecule has 3 heterocycles. The van der Waals surface area contributed by atoms with E-state index in [4.69, 9.17) is 9.52 Å². The summed E-state index contributed by atoms with van der Waals surface area (Å²) in [6.07, 6.45) is 4.84. The summed E-state index contributed by atoms with van der Waals surface area (Å²) in [5.74, 6) is 1.03. The minimum absolute atomic E-state index is 0. The van der Waals surface area contributed by atoms with E-state index in [0.717, 1.165) is 70.4 Å². The number of nitrogens with one attached hydrogen (secondary N) is 1. The fraction of sp³-hybridized carbons (Fsp3) is 0.455. The van der Waals surface area contributed by atoms with Crippen molar-refractivity contribution in [2.24, 2.45) is 4.99 Å². The summed E-state index contributed by atoms with van der Waals surface area (Å²) in [7, 11) is 0. The molecule has 0 bridgehead atoms. The van der Waals surface area contributed by atoms with Crippen molar-refractivity contribution in [1.82, 2.24) is 24.8 Å². The molecule has 1 aliphatic heterocycles. The molecule has 0 aliphatic carbocycles. The molecule has 1 aromatic carbocycles. The van der Waals surface area contributed by atoms with E-state index in [1.165, 1.54) is 10.9 Å². The van der Waals surface area contributed by atoms with Crippen LogP contribution in [0, 0.1) is 0 Å². The van der Waals surface area contributed by atoms with Crippen LogP contribution in [0.4, 0.5) is 0 Å². The maximum atomic E-state index is 4.93. The van der Waals surface area contributed by atoms with E-state index in [-0.39, 0.29) is 24.0 Å². The number of halogens is 1. The second kappa shape index (κ2) is 11.4. The van der Waals surface area contributed by atoms with Crippen LogP contribution in [0.25, 0.3) is 10.9 Å². The van der Waals surface area contributed by atoms with Crippen molar-refractivity contribution >= 4 is 40.8 Å². The van der Waals surface area contributed by atoms with Crippen LogP contribution in [0.1, 0.15) is 19.0 Å². The fourth-order valence-corrected chi connectivity index (χ4v) is 3.85. The Balaban J connectivity index is 0.00000256. The van der Waals surface area contributed by atoms with Crippen LogP contribution in [0.2, 0.25) is 0 Å². The Morgan fingerprint density at radius 2 is 1.97 bits per heavy atom. The van der Waals surface area contributed by atoms with Crippen molar-refractivity contribution in [2.75, 3.05) is 39.3 Å². The van der Waals surface area contributed by atoms with Gasteiger partial charge >= 0.3 is 0 Å². The number of hydrogen-bond donors (Lipinski definition) is 1. The lowest BCUT2D eigenvalue weighted by Crippen LogP contribution is -2.52. The molecule has 0 saturated carbocycles. The van der Waals surface area contributed by atoms with Gasteiger partial charge in [0.25, 0.3) is 0 Å². The average molecular weight is 522 g/mol. The topological polar surface area (TPSA) is 61.8 Å². The van der Waals surface area contributed by atoms with Crippen LogP contribution in [-0.2, 0) is 13.1 Å². The zero-order chi connectivity index (χ0) is 19.9. The van der Waals surface area contributed by atoms with Gasteiger partial charge < -0.3 is 19.3 Å². The van der Waals surface area contributed by atoms with Gasteiger partial charge in [-0.25, -0.2) is 0 Å². The van der Waals surface area contributed by atoms with Gasteiger partial charge in [0, 0.05) is 70.1 Å². The van der Waals surface area contributed by atoms with Crippen LogP contribution in [0.5, 0.6) is 0 Å². The molecule has 1 N–H and O–H groups in total. The van der Waals surface area contributed by atoms with E-state index in [1.807, 2.05) is 6.07 Å². The van der Waals surface area contributed by atoms with Crippen molar-refractivity contribution < 1.29 is 4.52 Å². The number of nitrogens with zero attached hydrogens (tertiary/aromatic N) is 5. The zero-order valence-corrected chi connectivity index (χ0v) is 19.9. The lowest BCUT2D eigenvalue weighted by molar-refractivity contribution is 0.169. The number of guanidine groups is 1. The highest BCUT2D eigenvalue weighted by atomic mass is 127. The molecule has 0 unspecified atom stereocenters. The Kier molecular flexibility index (Phi) is 8.56. The second-order valence-corrected chi connectivity index (χ2v) is 7.41. The molecule has 0 amide bonds. The first kappa shape index (κ1) is 22.6. The number of benzene rings is 1. The van der Waals surface area contributed by atoms with Gasteiger partial charge in [-0.15, -0.1) is 24.0 Å². The Morgan fingerprint density at radius 1 is 1.13 bits per heavy atom. The molecular weight excluding hydrogens is 491 g/mol. The van der Waals surface area contributed by atoms with Crippen molar-refractivity contribution in [3.8, 4) is 0 Å². The third-order valence-electron chi connectivity index (χ3n) is 5.38. The third kappa shape index (κ3) is 5.75. The molecular formula is C22H31IN6O. The molecule has 8 heteroatoms. The summed E-state index contributed by atoms with van der Waals surface area (Å²) in [4.78, 5) is 9.67. The van der Waals surface area contributed by atoms with Crippen molar-refractivity contribution in [1.29, 1.82) is 0 Å². The summed E-state index contributed by atoms with van der Waals surface area (Å²) < 4.78 is 7.25. The summed E-state index contributed by atoms with van der Waals surface area (Å²) >= 11 is 0. The van der Waals surface area contributed by atoms with E-state index < -0.39 is 0 Å². The van der Waals surface area contributed by atoms with Gasteiger partial charge in [-0.2, -0.15) is 0 Å². The molecule has 1 fully saturated rings. The van der Waals surface area contributed by atoms with E-state index in [9.17, 15) is 0 Å². The summed E-state index contributed by atoms with van der Waals surface area (Å²) in [6.45, 7) is 9.65. The first-order valence-electron chi connectivity index (χ1n) is 10.5. The highest BCUT2D eigenvalue weighted by molar-refractivity contribution is 14.0. The summed E-state index contributed by atoms with van der Waals surface area (Å²) in [6, 6.07) is 12.7. The number of aliphatic imine (C=N–C) groups is 1. The van der Waals surface area contributed by atoms with Gasteiger partial charge in [-0.05, 0) is 30.9 Å². The number of para-hydroxylation sites is 1. The van der Waals surface area contributed by atoms with Crippen LogP contribution in [0.15, 0.2) is 58.4 Å². The van der Waals surface area contributed by atoms with Crippen molar-refractivity contribution in [2.45, 2.75) is 26.4 Å². The standard InChI is InChI=1S/C22H30N6O.HI/c1-2-23-22(28-15-13-26(14-16-28)18-20-9-17-29-25-20)24-10-5-11-27-12-8-19-6-3-4-7-21(19)27;/h3-4,6-9,12,17H,2,5,10-11,13-16,18H2,1H3,(H,23,24);1H. The van der Waals surface area contributed by atoms with Crippen LogP contribution < -0.4 is 5.32 Å². The minimum atomic E-state index is 0. The first-order valence-corrected chi connectivity index (χ1v) is 10.5. The molecule has 3 aromatic rings. The van der Waals surface area contributed by atoms with Gasteiger partial charge in [-0.3, -0.25) is 9.89 Å². The lowest BCUT2D eigenvalue weighted by Gasteiger charge is -2.36. The maximum absolute atomic E-state index is 4.93. The predicted octanol–water partition coefficient (Wildman–Crippen LogP) is 3.42. The number of hydrogen-bond acceptors (Lipinski definition) is 4. The molecule has 0 atom stereocenters. The second-order valence-electron chi connectivity index (χ2n) is 7.41. The highest BCUT2D eigenvalue weighted by Gasteiger charge is 2.20. The lowest BCUT2D eigenvalue weighted by atomic mass is 10.2. The molecule has 0 spiro atoms. The molecule has 2 aromatic heterocycles. The first-order chi connectivity index (χ1) is 14.3. The Morgan fingerprint density at radius 3 is 2.73 bits per heavy atom. The molecule has 1 aliphatic rings. The van der Waals surface area contributed by atoms with E-state index in [1.54, 1.807) is 6.26 Å². The molecule has 4 rings (SSSR count).